The summed E-state index contributed by atoms with van der Waals surface area (Å²) in [6.45, 7) is 0. The summed E-state index contributed by atoms with van der Waals surface area (Å²) in [6.07, 6.45) is 0. The topological polar surface area (TPSA) is 34.4 Å². The van der Waals surface area contributed by atoms with E-state index in [0.29, 0.717) is 29.9 Å². The van der Waals surface area contributed by atoms with Crippen LogP contribution >= 0.6 is 0 Å². The first-order valence-electron chi connectivity index (χ1n) is 12.9. The SMILES string of the molecule is [2H]c1c([2H])c([2H])c(-c2c([2H])c([2H])c(-n3c4ccccc4c4cc(O[B]O)ccc43)c([2H])c2[2H])c([2H])c1[2H]. The van der Waals surface area contributed by atoms with Gasteiger partial charge in [0.05, 0.1) is 23.4 Å². The summed E-state index contributed by atoms with van der Waals surface area (Å²) < 4.78 is 82.0. The molecule has 1 heterocycles. The van der Waals surface area contributed by atoms with Crippen molar-refractivity contribution in [3.05, 3.63) is 96.8 Å². The van der Waals surface area contributed by atoms with Gasteiger partial charge in [0.1, 0.15) is 5.75 Å². The van der Waals surface area contributed by atoms with Crippen molar-refractivity contribution in [2.24, 2.45) is 0 Å². The summed E-state index contributed by atoms with van der Waals surface area (Å²) in [4.78, 5) is 0. The second-order valence-corrected chi connectivity index (χ2v) is 5.98. The fraction of sp³-hybridized carbons (Fsp3) is 0. The molecule has 0 unspecified atom stereocenters. The van der Waals surface area contributed by atoms with Crippen LogP contribution in [0.25, 0.3) is 38.6 Å². The molecule has 0 saturated heterocycles. The lowest BCUT2D eigenvalue weighted by Crippen LogP contribution is -1.99. The van der Waals surface area contributed by atoms with Crippen LogP contribution in [-0.2, 0) is 0 Å². The predicted molar refractivity (Wildman–Crippen MR) is 115 cm³/mol. The summed E-state index contributed by atoms with van der Waals surface area (Å²) in [6, 6.07) is 7.10. The molecule has 0 bridgehead atoms. The van der Waals surface area contributed by atoms with Crippen LogP contribution < -0.4 is 4.65 Å². The number of hydrogen-bond donors (Lipinski definition) is 1. The van der Waals surface area contributed by atoms with Gasteiger partial charge in [-0.05, 0) is 47.5 Å². The number of aromatic nitrogens is 1. The first-order chi connectivity index (χ1) is 17.6. The fourth-order valence-electron chi connectivity index (χ4n) is 3.24. The Bertz CT molecular complexity index is 1690. The van der Waals surface area contributed by atoms with Crippen LogP contribution in [-0.4, -0.2) is 17.3 Å². The van der Waals surface area contributed by atoms with Crippen molar-refractivity contribution in [2.75, 3.05) is 0 Å². The van der Waals surface area contributed by atoms with Crippen LogP contribution in [0.15, 0.2) is 96.8 Å². The molecule has 1 N–H and O–H groups in total. The minimum Gasteiger partial charge on any atom is -0.537 e. The summed E-state index contributed by atoms with van der Waals surface area (Å²) >= 11 is 0. The Morgan fingerprint density at radius 1 is 0.786 bits per heavy atom. The highest BCUT2D eigenvalue weighted by atomic mass is 16.5. The Kier molecular flexibility index (Phi) is 2.38. The van der Waals surface area contributed by atoms with Crippen molar-refractivity contribution in [3.63, 3.8) is 0 Å². The molecular formula is C24H17BNO2. The van der Waals surface area contributed by atoms with Crippen molar-refractivity contribution in [2.45, 2.75) is 0 Å². The number of benzene rings is 4. The number of nitrogens with zero attached hydrogens (tertiary/aromatic N) is 1. The molecule has 1 radical (unpaired) electrons. The van der Waals surface area contributed by atoms with Gasteiger partial charge in [-0.15, -0.1) is 0 Å². The van der Waals surface area contributed by atoms with E-state index in [1.165, 1.54) is 0 Å². The third-order valence-corrected chi connectivity index (χ3v) is 4.42. The van der Waals surface area contributed by atoms with E-state index in [4.69, 9.17) is 22.0 Å². The van der Waals surface area contributed by atoms with Crippen molar-refractivity contribution in [1.82, 2.24) is 4.57 Å². The van der Waals surface area contributed by atoms with Gasteiger partial charge in [0.25, 0.3) is 0 Å². The molecule has 28 heavy (non-hydrogen) atoms. The van der Waals surface area contributed by atoms with Crippen LogP contribution in [0.5, 0.6) is 5.75 Å². The number of para-hydroxylation sites is 1. The normalized spacial score (nSPS) is 15.5. The van der Waals surface area contributed by atoms with Crippen LogP contribution in [0.3, 0.4) is 0 Å². The Morgan fingerprint density at radius 3 is 2.29 bits per heavy atom. The average Bonchev–Trinajstić information content (AvgIpc) is 3.21. The fourth-order valence-corrected chi connectivity index (χ4v) is 3.24. The van der Waals surface area contributed by atoms with E-state index in [0.717, 1.165) is 5.39 Å². The van der Waals surface area contributed by atoms with Gasteiger partial charge in [-0.25, -0.2) is 0 Å². The molecule has 0 spiro atoms. The molecule has 1 aromatic heterocycles. The van der Waals surface area contributed by atoms with Crippen molar-refractivity contribution in [3.8, 4) is 22.6 Å². The van der Waals surface area contributed by atoms with Gasteiger partial charge in [-0.3, -0.25) is 0 Å². The maximum atomic E-state index is 9.03. The summed E-state index contributed by atoms with van der Waals surface area (Å²) in [5.74, 6) is 0.356. The molecule has 0 aliphatic rings. The third-order valence-electron chi connectivity index (χ3n) is 4.42. The van der Waals surface area contributed by atoms with Gasteiger partial charge in [-0.2, -0.15) is 0 Å². The largest absolute Gasteiger partial charge is 0.569 e. The molecule has 0 atom stereocenters. The van der Waals surface area contributed by atoms with Crippen molar-refractivity contribution < 1.29 is 22.0 Å². The van der Waals surface area contributed by atoms with E-state index in [1.54, 1.807) is 34.9 Å². The van der Waals surface area contributed by atoms with E-state index >= 15 is 0 Å². The first-order valence-corrected chi connectivity index (χ1v) is 8.43. The molecule has 4 aromatic carbocycles. The Balaban J connectivity index is 1.88. The van der Waals surface area contributed by atoms with Crippen LogP contribution in [0, 0.1) is 0 Å². The van der Waals surface area contributed by atoms with Gasteiger partial charge in [0, 0.05) is 16.5 Å². The van der Waals surface area contributed by atoms with Gasteiger partial charge in [0.2, 0.25) is 0 Å². The van der Waals surface area contributed by atoms with Gasteiger partial charge in [0.15, 0.2) is 0 Å². The monoisotopic (exact) mass is 371 g/mol. The maximum absolute atomic E-state index is 9.03. The molecule has 5 rings (SSSR count). The maximum Gasteiger partial charge on any atom is 0.569 e. The number of hydrogen-bond acceptors (Lipinski definition) is 2. The Morgan fingerprint density at radius 2 is 1.50 bits per heavy atom. The quantitative estimate of drug-likeness (QED) is 0.432. The highest BCUT2D eigenvalue weighted by Gasteiger charge is 2.13. The molecular weight excluding hydrogens is 345 g/mol. The van der Waals surface area contributed by atoms with E-state index < -0.39 is 54.4 Å². The molecule has 4 heteroatoms. The molecule has 0 amide bonds. The zero-order valence-corrected chi connectivity index (χ0v) is 14.4. The molecule has 0 fully saturated rings. The standard InChI is InChI=1S/C24H17BNO2/c27-25-28-20-14-15-24-22(16-20)21-8-4-5-9-23(21)26(24)19-12-10-18(11-13-19)17-6-2-1-3-7-17/h1-16,27H/i1D,2D,3D,6D,7D,10D,11D,12D,13D. The summed E-state index contributed by atoms with van der Waals surface area (Å²) in [7, 11) is 0.556. The van der Waals surface area contributed by atoms with Crippen molar-refractivity contribution in [1.29, 1.82) is 0 Å². The van der Waals surface area contributed by atoms with E-state index in [2.05, 4.69) is 0 Å². The minimum absolute atomic E-state index is 0.0558. The second-order valence-electron chi connectivity index (χ2n) is 5.98. The van der Waals surface area contributed by atoms with Crippen LogP contribution in [0.1, 0.15) is 12.3 Å². The lowest BCUT2D eigenvalue weighted by molar-refractivity contribution is 0.454. The summed E-state index contributed by atoms with van der Waals surface area (Å²) in [5.41, 5.74) is 0.339. The summed E-state index contributed by atoms with van der Waals surface area (Å²) in [5, 5.41) is 10.5. The average molecular weight is 371 g/mol. The smallest absolute Gasteiger partial charge is 0.537 e. The third kappa shape index (κ3) is 2.75. The van der Waals surface area contributed by atoms with Crippen LogP contribution in [0.2, 0.25) is 0 Å². The zero-order valence-electron chi connectivity index (χ0n) is 23.4. The molecule has 0 aliphatic heterocycles. The predicted octanol–water partition coefficient (Wildman–Crippen LogP) is 5.36. The highest BCUT2D eigenvalue weighted by molar-refractivity contribution is 6.17. The first kappa shape index (κ1) is 9.62. The lowest BCUT2D eigenvalue weighted by Gasteiger charge is -2.10. The van der Waals surface area contributed by atoms with E-state index in [-0.39, 0.29) is 16.8 Å². The molecule has 0 aliphatic carbocycles. The molecule has 5 aromatic rings. The van der Waals surface area contributed by atoms with Gasteiger partial charge < -0.3 is 14.2 Å². The lowest BCUT2D eigenvalue weighted by atomic mass is 10.1. The molecule has 3 nitrogen and oxygen atoms in total. The zero-order chi connectivity index (χ0) is 26.8. The number of fused-ring (bicyclic) bond motifs is 3. The van der Waals surface area contributed by atoms with Crippen LogP contribution in [0.4, 0.5) is 0 Å². The van der Waals surface area contributed by atoms with Gasteiger partial charge in [-0.1, -0.05) is 60.5 Å². The minimum atomic E-state index is -0.627. The van der Waals surface area contributed by atoms with Gasteiger partial charge >= 0.3 is 7.69 Å². The highest BCUT2D eigenvalue weighted by Crippen LogP contribution is 2.34. The Labute approximate surface area is 176 Å². The Hall–Kier alpha value is -3.50. The number of rotatable bonds is 4. The van der Waals surface area contributed by atoms with E-state index in [9.17, 15) is 0 Å². The molecule has 0 saturated carbocycles. The molecule has 133 valence electrons. The van der Waals surface area contributed by atoms with E-state index in [1.807, 2.05) is 12.1 Å². The second kappa shape index (κ2) is 6.91. The van der Waals surface area contributed by atoms with Crippen molar-refractivity contribution >= 4 is 29.5 Å².